The van der Waals surface area contributed by atoms with Gasteiger partial charge in [0.1, 0.15) is 6.04 Å². The molecular formula is C13H19ClN2O. The van der Waals surface area contributed by atoms with Crippen LogP contribution >= 0.6 is 11.8 Å². The molecule has 1 unspecified atom stereocenters. The van der Waals surface area contributed by atoms with Crippen LogP contribution in [0, 0.1) is 0 Å². The molecular weight excluding hydrogens is 236 g/mol. The molecule has 1 atom stereocenters. The standard InChI is InChI=1S/C13H19ClN2O/c1-3-4-10-16(2)13(17)12(15-14)11-8-6-5-7-9-11/h5-9,12,15H,3-4,10H2,1-2H3. The fourth-order valence-electron chi connectivity index (χ4n) is 1.62. The zero-order valence-corrected chi connectivity index (χ0v) is 11.1. The molecule has 3 nitrogen and oxygen atoms in total. The highest BCUT2D eigenvalue weighted by Crippen LogP contribution is 2.16. The Morgan fingerprint density at radius 3 is 2.59 bits per heavy atom. The summed E-state index contributed by atoms with van der Waals surface area (Å²) in [5.74, 6) is -0.000324. The molecule has 0 spiro atoms. The van der Waals surface area contributed by atoms with Crippen LogP contribution in [-0.4, -0.2) is 24.4 Å². The van der Waals surface area contributed by atoms with Crippen molar-refractivity contribution in [2.75, 3.05) is 13.6 Å². The van der Waals surface area contributed by atoms with Crippen molar-refractivity contribution in [1.82, 2.24) is 9.74 Å². The van der Waals surface area contributed by atoms with Gasteiger partial charge >= 0.3 is 0 Å². The van der Waals surface area contributed by atoms with Crippen molar-refractivity contribution < 1.29 is 4.79 Å². The Labute approximate surface area is 108 Å². The zero-order chi connectivity index (χ0) is 12.7. The van der Waals surface area contributed by atoms with E-state index in [0.29, 0.717) is 0 Å². The number of rotatable bonds is 6. The van der Waals surface area contributed by atoms with Gasteiger partial charge in [-0.1, -0.05) is 43.7 Å². The van der Waals surface area contributed by atoms with Crippen molar-refractivity contribution in [2.24, 2.45) is 0 Å². The van der Waals surface area contributed by atoms with Gasteiger partial charge in [-0.05, 0) is 23.8 Å². The van der Waals surface area contributed by atoms with Crippen molar-refractivity contribution in [3.05, 3.63) is 35.9 Å². The van der Waals surface area contributed by atoms with Crippen LogP contribution in [0.2, 0.25) is 0 Å². The van der Waals surface area contributed by atoms with Crippen LogP contribution in [0.25, 0.3) is 0 Å². The average molecular weight is 255 g/mol. The lowest BCUT2D eigenvalue weighted by atomic mass is 10.1. The molecule has 94 valence electrons. The van der Waals surface area contributed by atoms with E-state index < -0.39 is 6.04 Å². The smallest absolute Gasteiger partial charge is 0.245 e. The van der Waals surface area contributed by atoms with Crippen LogP contribution in [0.3, 0.4) is 0 Å². The number of nitrogens with zero attached hydrogens (tertiary/aromatic N) is 1. The van der Waals surface area contributed by atoms with E-state index in [0.717, 1.165) is 24.9 Å². The van der Waals surface area contributed by atoms with Crippen LogP contribution < -0.4 is 4.84 Å². The fourth-order valence-corrected chi connectivity index (χ4v) is 1.84. The lowest BCUT2D eigenvalue weighted by Crippen LogP contribution is -2.36. The van der Waals surface area contributed by atoms with Gasteiger partial charge in [-0.25, -0.2) is 4.84 Å². The quantitative estimate of drug-likeness (QED) is 0.792. The average Bonchev–Trinajstić information content (AvgIpc) is 2.38. The number of halogens is 1. The first-order valence-corrected chi connectivity index (χ1v) is 6.24. The lowest BCUT2D eigenvalue weighted by Gasteiger charge is -2.22. The molecule has 17 heavy (non-hydrogen) atoms. The molecule has 0 radical (unpaired) electrons. The molecule has 0 aliphatic rings. The van der Waals surface area contributed by atoms with Crippen LogP contribution in [0.15, 0.2) is 30.3 Å². The first-order chi connectivity index (χ1) is 8.20. The van der Waals surface area contributed by atoms with E-state index >= 15 is 0 Å². The van der Waals surface area contributed by atoms with Gasteiger partial charge in [0, 0.05) is 13.6 Å². The van der Waals surface area contributed by atoms with Crippen LogP contribution in [0.4, 0.5) is 0 Å². The second kappa shape index (κ2) is 7.30. The van der Waals surface area contributed by atoms with Gasteiger partial charge in [-0.2, -0.15) is 0 Å². The van der Waals surface area contributed by atoms with E-state index in [1.165, 1.54) is 0 Å². The monoisotopic (exact) mass is 254 g/mol. The van der Waals surface area contributed by atoms with Crippen LogP contribution in [0.5, 0.6) is 0 Å². The SMILES string of the molecule is CCCCN(C)C(=O)C(NCl)c1ccccc1. The van der Waals surface area contributed by atoms with Gasteiger partial charge in [0.25, 0.3) is 0 Å². The Morgan fingerprint density at radius 1 is 1.41 bits per heavy atom. The molecule has 0 saturated heterocycles. The van der Waals surface area contributed by atoms with Crippen molar-refractivity contribution in [2.45, 2.75) is 25.8 Å². The minimum atomic E-state index is -0.472. The maximum Gasteiger partial charge on any atom is 0.245 e. The maximum atomic E-state index is 12.2. The minimum Gasteiger partial charge on any atom is -0.344 e. The summed E-state index contributed by atoms with van der Waals surface area (Å²) in [5, 5.41) is 0. The van der Waals surface area contributed by atoms with Crippen molar-refractivity contribution in [1.29, 1.82) is 0 Å². The highest BCUT2D eigenvalue weighted by Gasteiger charge is 2.22. The predicted octanol–water partition coefficient (Wildman–Crippen LogP) is 2.73. The molecule has 0 heterocycles. The second-order valence-corrected chi connectivity index (χ2v) is 4.28. The van der Waals surface area contributed by atoms with Gasteiger partial charge in [-0.3, -0.25) is 4.79 Å². The van der Waals surface area contributed by atoms with E-state index in [1.54, 1.807) is 4.90 Å². The Bertz CT molecular complexity index is 343. The number of benzene rings is 1. The molecule has 0 aliphatic heterocycles. The Kier molecular flexibility index (Phi) is 6.01. The Hall–Kier alpha value is -1.06. The van der Waals surface area contributed by atoms with E-state index in [-0.39, 0.29) is 5.91 Å². The highest BCUT2D eigenvalue weighted by molar-refractivity contribution is 6.15. The van der Waals surface area contributed by atoms with E-state index in [1.807, 2.05) is 37.4 Å². The van der Waals surface area contributed by atoms with Crippen molar-refractivity contribution in [3.8, 4) is 0 Å². The fraction of sp³-hybridized carbons (Fsp3) is 0.462. The van der Waals surface area contributed by atoms with Gasteiger partial charge < -0.3 is 4.90 Å². The number of nitrogens with one attached hydrogen (secondary N) is 1. The molecule has 1 N–H and O–H groups in total. The molecule has 0 saturated carbocycles. The number of carbonyl (C=O) groups is 1. The molecule has 1 aromatic rings. The third kappa shape index (κ3) is 4.02. The molecule has 0 bridgehead atoms. The van der Waals surface area contributed by atoms with Crippen molar-refractivity contribution >= 4 is 17.7 Å². The molecule has 1 amide bonds. The summed E-state index contributed by atoms with van der Waals surface area (Å²) in [5.41, 5.74) is 0.885. The van der Waals surface area contributed by atoms with E-state index in [4.69, 9.17) is 11.8 Å². The summed E-state index contributed by atoms with van der Waals surface area (Å²) in [6, 6.07) is 9.03. The van der Waals surface area contributed by atoms with Gasteiger partial charge in [0.05, 0.1) is 0 Å². The summed E-state index contributed by atoms with van der Waals surface area (Å²) in [4.78, 5) is 16.4. The topological polar surface area (TPSA) is 32.3 Å². The largest absolute Gasteiger partial charge is 0.344 e. The number of unbranched alkanes of at least 4 members (excludes halogenated alkanes) is 1. The second-order valence-electron chi connectivity index (χ2n) is 4.07. The number of amides is 1. The third-order valence-electron chi connectivity index (χ3n) is 2.71. The molecule has 0 aromatic heterocycles. The Morgan fingerprint density at radius 2 is 2.06 bits per heavy atom. The first kappa shape index (κ1) is 14.0. The Balaban J connectivity index is 2.71. The third-order valence-corrected chi connectivity index (χ3v) is 2.93. The van der Waals surface area contributed by atoms with Crippen LogP contribution in [0.1, 0.15) is 31.4 Å². The number of hydrogen-bond donors (Lipinski definition) is 1. The maximum absolute atomic E-state index is 12.2. The molecule has 1 rings (SSSR count). The summed E-state index contributed by atoms with van der Waals surface area (Å²) in [6.45, 7) is 2.87. The summed E-state index contributed by atoms with van der Waals surface area (Å²) >= 11 is 5.68. The molecule has 0 fully saturated rings. The van der Waals surface area contributed by atoms with Gasteiger partial charge in [-0.15, -0.1) is 0 Å². The first-order valence-electron chi connectivity index (χ1n) is 5.86. The number of hydrogen-bond acceptors (Lipinski definition) is 2. The van der Waals surface area contributed by atoms with Gasteiger partial charge in [0.2, 0.25) is 5.91 Å². The van der Waals surface area contributed by atoms with E-state index in [9.17, 15) is 4.79 Å². The van der Waals surface area contributed by atoms with Crippen LogP contribution in [-0.2, 0) is 4.79 Å². The number of carbonyl (C=O) groups excluding carboxylic acids is 1. The highest BCUT2D eigenvalue weighted by atomic mass is 35.5. The zero-order valence-electron chi connectivity index (χ0n) is 10.3. The summed E-state index contributed by atoms with van der Waals surface area (Å²) in [6.07, 6.45) is 2.08. The number of likely N-dealkylation sites (N-methyl/N-ethyl adjacent to an activating group) is 1. The molecule has 4 heteroatoms. The summed E-state index contributed by atoms with van der Waals surface area (Å²) in [7, 11) is 1.81. The van der Waals surface area contributed by atoms with E-state index in [2.05, 4.69) is 11.8 Å². The van der Waals surface area contributed by atoms with Gasteiger partial charge in [0.15, 0.2) is 0 Å². The molecule has 0 aliphatic carbocycles. The lowest BCUT2D eigenvalue weighted by molar-refractivity contribution is -0.131. The normalized spacial score (nSPS) is 12.2. The predicted molar refractivity (Wildman–Crippen MR) is 70.7 cm³/mol. The summed E-state index contributed by atoms with van der Waals surface area (Å²) < 4.78 is 0. The molecule has 1 aromatic carbocycles. The van der Waals surface area contributed by atoms with Crippen molar-refractivity contribution in [3.63, 3.8) is 0 Å². The minimum absolute atomic E-state index is 0.000324.